The highest BCUT2D eigenvalue weighted by Gasteiger charge is 2.45. The lowest BCUT2D eigenvalue weighted by atomic mass is 9.90. The number of nitrogens with zero attached hydrogens (tertiary/aromatic N) is 1. The Bertz CT molecular complexity index is 737. The Morgan fingerprint density at radius 2 is 1.57 bits per heavy atom. The minimum atomic E-state index is -0.392. The van der Waals surface area contributed by atoms with Crippen molar-refractivity contribution in [1.82, 2.24) is 0 Å². The highest BCUT2D eigenvalue weighted by molar-refractivity contribution is 6.21. The topological polar surface area (TPSA) is 37.4 Å². The average molecular weight is 311 g/mol. The van der Waals surface area contributed by atoms with Crippen LogP contribution in [0, 0.1) is 24.6 Å². The van der Waals surface area contributed by atoms with Crippen molar-refractivity contribution in [2.75, 3.05) is 4.90 Å². The maximum absolute atomic E-state index is 13.1. The smallest absolute Gasteiger partial charge is 0.238 e. The zero-order chi connectivity index (χ0) is 16.6. The number of carbonyl (C=O) groups is 2. The van der Waals surface area contributed by atoms with Crippen molar-refractivity contribution in [2.24, 2.45) is 11.8 Å². The summed E-state index contributed by atoms with van der Waals surface area (Å²) in [6, 6.07) is 13.4. The molecule has 4 heteroatoms. The molecule has 0 radical (unpaired) electrons. The molecule has 0 N–H and O–H groups in total. The van der Waals surface area contributed by atoms with Crippen LogP contribution in [0.15, 0.2) is 48.5 Å². The van der Waals surface area contributed by atoms with Crippen molar-refractivity contribution < 1.29 is 14.0 Å². The van der Waals surface area contributed by atoms with Gasteiger partial charge in [-0.05, 0) is 43.2 Å². The number of anilines is 1. The van der Waals surface area contributed by atoms with Crippen molar-refractivity contribution in [1.29, 1.82) is 0 Å². The third-order valence-electron chi connectivity index (χ3n) is 4.41. The number of carbonyl (C=O) groups excluding carboxylic acids is 2. The van der Waals surface area contributed by atoms with Crippen LogP contribution in [0.25, 0.3) is 0 Å². The lowest BCUT2D eigenvalue weighted by molar-refractivity contribution is -0.122. The summed E-state index contributed by atoms with van der Waals surface area (Å²) in [6.07, 6.45) is 0.531. The van der Waals surface area contributed by atoms with Crippen LogP contribution in [0.3, 0.4) is 0 Å². The van der Waals surface area contributed by atoms with E-state index in [0.717, 1.165) is 11.1 Å². The van der Waals surface area contributed by atoms with Crippen LogP contribution in [0.2, 0.25) is 0 Å². The van der Waals surface area contributed by atoms with Crippen molar-refractivity contribution in [3.8, 4) is 0 Å². The van der Waals surface area contributed by atoms with Gasteiger partial charge in [-0.15, -0.1) is 0 Å². The van der Waals surface area contributed by atoms with Crippen LogP contribution < -0.4 is 4.90 Å². The maximum Gasteiger partial charge on any atom is 0.238 e. The molecule has 0 aliphatic carbocycles. The highest BCUT2D eigenvalue weighted by atomic mass is 19.1. The second kappa shape index (κ2) is 5.95. The molecule has 1 heterocycles. The molecule has 2 aromatic carbocycles. The summed E-state index contributed by atoms with van der Waals surface area (Å²) >= 11 is 0. The minimum Gasteiger partial charge on any atom is -0.274 e. The highest BCUT2D eigenvalue weighted by Crippen LogP contribution is 2.33. The Morgan fingerprint density at radius 1 is 0.957 bits per heavy atom. The van der Waals surface area contributed by atoms with Crippen molar-refractivity contribution in [2.45, 2.75) is 20.3 Å². The van der Waals surface area contributed by atoms with E-state index in [4.69, 9.17) is 0 Å². The van der Waals surface area contributed by atoms with Crippen LogP contribution in [0.5, 0.6) is 0 Å². The maximum atomic E-state index is 13.1. The van der Waals surface area contributed by atoms with Gasteiger partial charge in [0.25, 0.3) is 0 Å². The second-order valence-electron chi connectivity index (χ2n) is 6.07. The fourth-order valence-corrected chi connectivity index (χ4v) is 2.95. The van der Waals surface area contributed by atoms with Gasteiger partial charge in [0.2, 0.25) is 11.8 Å². The third-order valence-corrected chi connectivity index (χ3v) is 4.41. The van der Waals surface area contributed by atoms with E-state index in [1.807, 2.05) is 31.2 Å². The molecular formula is C19H18FNO2. The van der Waals surface area contributed by atoms with Gasteiger partial charge in [-0.25, -0.2) is 4.39 Å². The predicted octanol–water partition coefficient (Wildman–Crippen LogP) is 3.50. The summed E-state index contributed by atoms with van der Waals surface area (Å²) in [4.78, 5) is 26.3. The molecule has 0 saturated carbocycles. The van der Waals surface area contributed by atoms with E-state index in [0.29, 0.717) is 12.1 Å². The molecule has 1 aliphatic heterocycles. The lowest BCUT2D eigenvalue weighted by Crippen LogP contribution is -2.31. The first-order valence-corrected chi connectivity index (χ1v) is 7.66. The van der Waals surface area contributed by atoms with E-state index >= 15 is 0 Å². The summed E-state index contributed by atoms with van der Waals surface area (Å²) in [7, 11) is 0. The fraction of sp³-hybridized carbons (Fsp3) is 0.263. The van der Waals surface area contributed by atoms with E-state index in [9.17, 15) is 14.0 Å². The molecule has 3 rings (SSSR count). The number of imide groups is 1. The van der Waals surface area contributed by atoms with Gasteiger partial charge in [0.15, 0.2) is 0 Å². The van der Waals surface area contributed by atoms with Gasteiger partial charge in [-0.3, -0.25) is 14.5 Å². The predicted molar refractivity (Wildman–Crippen MR) is 86.4 cm³/mol. The standard InChI is InChI=1S/C19H18FNO2/c1-12-3-5-14(6-4-12)11-17-13(2)18(22)21(19(17)23)16-9-7-15(20)8-10-16/h3-10,13,17H,11H2,1-2H3/t13-,17+/m1/s1. The van der Waals surface area contributed by atoms with Crippen LogP contribution in [-0.4, -0.2) is 11.8 Å². The Kier molecular flexibility index (Phi) is 3.99. The summed E-state index contributed by atoms with van der Waals surface area (Å²) < 4.78 is 13.1. The van der Waals surface area contributed by atoms with Gasteiger partial charge in [-0.2, -0.15) is 0 Å². The Morgan fingerprint density at radius 3 is 2.17 bits per heavy atom. The molecule has 23 heavy (non-hydrogen) atoms. The second-order valence-corrected chi connectivity index (χ2v) is 6.07. The number of halogens is 1. The number of amides is 2. The monoisotopic (exact) mass is 311 g/mol. The third kappa shape index (κ3) is 2.89. The van der Waals surface area contributed by atoms with Crippen molar-refractivity contribution in [3.63, 3.8) is 0 Å². The normalized spacial score (nSPS) is 21.1. The molecule has 2 atom stereocenters. The van der Waals surface area contributed by atoms with Crippen molar-refractivity contribution in [3.05, 3.63) is 65.5 Å². The molecule has 0 aromatic heterocycles. The minimum absolute atomic E-state index is 0.213. The molecule has 0 bridgehead atoms. The van der Waals surface area contributed by atoms with Crippen molar-refractivity contribution >= 4 is 17.5 Å². The van der Waals surface area contributed by atoms with E-state index < -0.39 is 5.82 Å². The van der Waals surface area contributed by atoms with Gasteiger partial charge >= 0.3 is 0 Å². The summed E-state index contributed by atoms with van der Waals surface area (Å²) in [5.41, 5.74) is 2.62. The molecule has 0 unspecified atom stereocenters. The molecule has 0 spiro atoms. The molecule has 1 saturated heterocycles. The van der Waals surface area contributed by atoms with E-state index in [-0.39, 0.29) is 23.7 Å². The van der Waals surface area contributed by atoms with Gasteiger partial charge in [0.1, 0.15) is 5.82 Å². The molecule has 2 amide bonds. The molecule has 3 nitrogen and oxygen atoms in total. The molecule has 1 aliphatic rings. The first-order chi connectivity index (χ1) is 11.0. The van der Waals surface area contributed by atoms with Gasteiger partial charge < -0.3 is 0 Å². The lowest BCUT2D eigenvalue weighted by Gasteiger charge is -2.15. The molecular weight excluding hydrogens is 293 g/mol. The number of rotatable bonds is 3. The first kappa shape index (κ1) is 15.4. The zero-order valence-corrected chi connectivity index (χ0v) is 13.1. The number of hydrogen-bond acceptors (Lipinski definition) is 2. The summed E-state index contributed by atoms with van der Waals surface area (Å²) in [5, 5.41) is 0. The van der Waals surface area contributed by atoms with Crippen LogP contribution >= 0.6 is 0 Å². The number of hydrogen-bond donors (Lipinski definition) is 0. The van der Waals surface area contributed by atoms with Crippen LogP contribution in [-0.2, 0) is 16.0 Å². The Balaban J connectivity index is 1.85. The molecule has 118 valence electrons. The fourth-order valence-electron chi connectivity index (χ4n) is 2.95. The number of aryl methyl sites for hydroxylation is 1. The van der Waals surface area contributed by atoms with Crippen LogP contribution in [0.4, 0.5) is 10.1 Å². The quantitative estimate of drug-likeness (QED) is 0.814. The first-order valence-electron chi connectivity index (χ1n) is 7.66. The SMILES string of the molecule is Cc1ccc(C[C@@H]2C(=O)N(c3ccc(F)cc3)C(=O)[C@@H]2C)cc1. The van der Waals surface area contributed by atoms with E-state index in [1.165, 1.54) is 29.2 Å². The average Bonchev–Trinajstić information content (AvgIpc) is 2.74. The van der Waals surface area contributed by atoms with Gasteiger partial charge in [-0.1, -0.05) is 36.8 Å². The van der Waals surface area contributed by atoms with Crippen LogP contribution in [0.1, 0.15) is 18.1 Å². The summed E-state index contributed by atoms with van der Waals surface area (Å²) in [5.74, 6) is -1.59. The zero-order valence-electron chi connectivity index (χ0n) is 13.1. The Hall–Kier alpha value is -2.49. The largest absolute Gasteiger partial charge is 0.274 e. The molecule has 1 fully saturated rings. The van der Waals surface area contributed by atoms with E-state index in [1.54, 1.807) is 6.92 Å². The van der Waals surface area contributed by atoms with Gasteiger partial charge in [0, 0.05) is 5.92 Å². The van der Waals surface area contributed by atoms with E-state index in [2.05, 4.69) is 0 Å². The van der Waals surface area contributed by atoms with Gasteiger partial charge in [0.05, 0.1) is 11.6 Å². The Labute approximate surface area is 134 Å². The number of benzene rings is 2. The summed E-state index contributed by atoms with van der Waals surface area (Å²) in [6.45, 7) is 3.79. The molecule has 2 aromatic rings.